The van der Waals surface area contributed by atoms with Gasteiger partial charge in [0.2, 0.25) is 0 Å². The van der Waals surface area contributed by atoms with Crippen molar-refractivity contribution in [2.75, 3.05) is 6.54 Å². The van der Waals surface area contributed by atoms with E-state index in [4.69, 9.17) is 6.57 Å². The Hall–Kier alpha value is -3.07. The smallest absolute Gasteiger partial charge is 0.187 e. The highest BCUT2D eigenvalue weighted by Crippen LogP contribution is 2.25. The number of Topliss-reactive ketones (excluding diaryl/α,β-unsaturated/α-hetero) is 1. The third kappa shape index (κ3) is 5.16. The molecule has 0 atom stereocenters. The molecule has 31 heavy (non-hydrogen) atoms. The van der Waals surface area contributed by atoms with Gasteiger partial charge in [-0.1, -0.05) is 48.5 Å². The van der Waals surface area contributed by atoms with Crippen LogP contribution in [0.3, 0.4) is 0 Å². The highest BCUT2D eigenvalue weighted by Gasteiger charge is 2.22. The van der Waals surface area contributed by atoms with Crippen molar-refractivity contribution in [2.45, 2.75) is 25.9 Å². The second-order valence-corrected chi connectivity index (χ2v) is 7.53. The zero-order chi connectivity index (χ0) is 21.1. The topological polar surface area (TPSA) is 24.7 Å². The Balaban J connectivity index is 0.00000272. The Kier molecular flexibility index (Phi) is 7.17. The zero-order valence-corrected chi connectivity index (χ0v) is 17.6. The molecular formula is C25H21ClF2N2O. The number of hydrogen-bond acceptors (Lipinski definition) is 2. The minimum absolute atomic E-state index is 0. The molecule has 3 aromatic rings. The number of ketones is 1. The van der Waals surface area contributed by atoms with E-state index in [0.29, 0.717) is 25.2 Å². The lowest BCUT2D eigenvalue weighted by atomic mass is 9.90. The molecule has 0 amide bonds. The molecule has 0 saturated carbocycles. The molecule has 6 heteroatoms. The van der Waals surface area contributed by atoms with Gasteiger partial charge in [-0.25, -0.2) is 13.6 Å². The Labute approximate surface area is 186 Å². The molecule has 0 fully saturated rings. The second-order valence-electron chi connectivity index (χ2n) is 7.53. The molecule has 1 heterocycles. The van der Waals surface area contributed by atoms with Gasteiger partial charge in [0.1, 0.15) is 0 Å². The number of carbonyl (C=O) groups is 1. The lowest BCUT2D eigenvalue weighted by Gasteiger charge is -2.30. The molecule has 0 saturated heterocycles. The summed E-state index contributed by atoms with van der Waals surface area (Å²) in [5.41, 5.74) is 5.09. The van der Waals surface area contributed by atoms with Gasteiger partial charge in [-0.05, 0) is 40.8 Å². The van der Waals surface area contributed by atoms with Crippen LogP contribution in [-0.2, 0) is 25.9 Å². The first-order valence-corrected chi connectivity index (χ1v) is 9.80. The maximum absolute atomic E-state index is 13.5. The van der Waals surface area contributed by atoms with Crippen molar-refractivity contribution in [3.8, 4) is 0 Å². The van der Waals surface area contributed by atoms with Crippen molar-refractivity contribution in [3.63, 3.8) is 0 Å². The van der Waals surface area contributed by atoms with E-state index < -0.39 is 11.6 Å². The minimum Gasteiger partial charge on any atom is -0.294 e. The van der Waals surface area contributed by atoms with E-state index in [1.807, 2.05) is 30.3 Å². The number of hydrogen-bond donors (Lipinski definition) is 0. The van der Waals surface area contributed by atoms with Crippen LogP contribution >= 0.6 is 12.4 Å². The number of halogens is 3. The van der Waals surface area contributed by atoms with E-state index in [0.717, 1.165) is 46.8 Å². The summed E-state index contributed by atoms with van der Waals surface area (Å²) in [5, 5.41) is 0. The molecule has 3 nitrogen and oxygen atoms in total. The summed E-state index contributed by atoms with van der Waals surface area (Å²) in [5.74, 6) is -1.60. The summed E-state index contributed by atoms with van der Waals surface area (Å²) in [6, 6.07) is 16.9. The molecule has 1 aliphatic heterocycles. The number of benzene rings is 3. The van der Waals surface area contributed by atoms with Crippen molar-refractivity contribution in [1.82, 2.24) is 4.90 Å². The van der Waals surface area contributed by atoms with Gasteiger partial charge in [0.05, 0.1) is 6.57 Å². The van der Waals surface area contributed by atoms with E-state index in [-0.39, 0.29) is 18.2 Å². The van der Waals surface area contributed by atoms with Crippen LogP contribution in [-0.4, -0.2) is 17.2 Å². The van der Waals surface area contributed by atoms with Gasteiger partial charge >= 0.3 is 0 Å². The van der Waals surface area contributed by atoms with Crippen LogP contribution in [0.2, 0.25) is 0 Å². The lowest BCUT2D eigenvalue weighted by Crippen LogP contribution is -2.31. The molecule has 0 aromatic heterocycles. The molecule has 0 spiro atoms. The van der Waals surface area contributed by atoms with Crippen molar-refractivity contribution < 1.29 is 13.6 Å². The third-order valence-corrected chi connectivity index (χ3v) is 5.47. The van der Waals surface area contributed by atoms with Gasteiger partial charge in [-0.15, -0.1) is 12.4 Å². The van der Waals surface area contributed by atoms with Gasteiger partial charge < -0.3 is 0 Å². The lowest BCUT2D eigenvalue weighted by molar-refractivity contribution is 0.0991. The summed E-state index contributed by atoms with van der Waals surface area (Å²) >= 11 is 0. The van der Waals surface area contributed by atoms with Crippen LogP contribution in [0.25, 0.3) is 4.85 Å². The maximum atomic E-state index is 13.5. The fourth-order valence-corrected chi connectivity index (χ4v) is 3.93. The molecule has 4 rings (SSSR count). The summed E-state index contributed by atoms with van der Waals surface area (Å²) in [4.78, 5) is 18.5. The molecule has 1 aliphatic rings. The van der Waals surface area contributed by atoms with Gasteiger partial charge in [-0.3, -0.25) is 9.69 Å². The van der Waals surface area contributed by atoms with Gasteiger partial charge in [0.15, 0.2) is 23.1 Å². The number of rotatable bonds is 5. The third-order valence-electron chi connectivity index (χ3n) is 5.47. The fourth-order valence-electron chi connectivity index (χ4n) is 3.93. The zero-order valence-electron chi connectivity index (χ0n) is 16.8. The Morgan fingerprint density at radius 3 is 2.45 bits per heavy atom. The summed E-state index contributed by atoms with van der Waals surface area (Å²) in [6.07, 6.45) is 1.03. The van der Waals surface area contributed by atoms with Crippen molar-refractivity contribution in [2.24, 2.45) is 0 Å². The quantitative estimate of drug-likeness (QED) is 0.365. The van der Waals surface area contributed by atoms with Crippen molar-refractivity contribution in [3.05, 3.63) is 112 Å². The summed E-state index contributed by atoms with van der Waals surface area (Å²) in [6.45, 7) is 8.96. The van der Waals surface area contributed by atoms with E-state index >= 15 is 0 Å². The van der Waals surface area contributed by atoms with Gasteiger partial charge in [0.25, 0.3) is 0 Å². The van der Waals surface area contributed by atoms with Crippen molar-refractivity contribution in [1.29, 1.82) is 0 Å². The van der Waals surface area contributed by atoms with Gasteiger partial charge in [-0.2, -0.15) is 0 Å². The molecule has 0 aliphatic carbocycles. The van der Waals surface area contributed by atoms with Crippen LogP contribution in [0.5, 0.6) is 0 Å². The monoisotopic (exact) mass is 438 g/mol. The van der Waals surface area contributed by atoms with E-state index in [2.05, 4.69) is 9.74 Å². The average Bonchev–Trinajstić information content (AvgIpc) is 2.76. The Morgan fingerprint density at radius 2 is 1.74 bits per heavy atom. The molecule has 0 bridgehead atoms. The van der Waals surface area contributed by atoms with Crippen LogP contribution in [0.1, 0.15) is 32.6 Å². The number of fused-ring (bicyclic) bond motifs is 1. The average molecular weight is 439 g/mol. The largest absolute Gasteiger partial charge is 0.294 e. The summed E-state index contributed by atoms with van der Waals surface area (Å²) in [7, 11) is 0. The van der Waals surface area contributed by atoms with Crippen LogP contribution < -0.4 is 0 Å². The predicted octanol–water partition coefficient (Wildman–Crippen LogP) is 5.92. The van der Waals surface area contributed by atoms with Gasteiger partial charge in [0, 0.05) is 31.6 Å². The highest BCUT2D eigenvalue weighted by atomic mass is 35.5. The van der Waals surface area contributed by atoms with Crippen LogP contribution in [0.4, 0.5) is 14.5 Å². The molecular weight excluding hydrogens is 418 g/mol. The number of nitrogens with zero attached hydrogens (tertiary/aromatic N) is 2. The Morgan fingerprint density at radius 1 is 1.00 bits per heavy atom. The number of carbonyl (C=O) groups excluding carboxylic acids is 1. The van der Waals surface area contributed by atoms with Crippen LogP contribution in [0.15, 0.2) is 60.7 Å². The summed E-state index contributed by atoms with van der Waals surface area (Å²) < 4.78 is 26.6. The SMILES string of the molecule is Cl.[C-]#[N+]c1ccc(CC(=O)c2cccc3c2CCN(Cc2ccc(F)c(F)c2)C3)cc1. The van der Waals surface area contributed by atoms with E-state index in [1.165, 1.54) is 6.07 Å². The predicted molar refractivity (Wildman–Crippen MR) is 119 cm³/mol. The molecule has 158 valence electrons. The fraction of sp³-hybridized carbons (Fsp3) is 0.200. The molecule has 0 radical (unpaired) electrons. The molecule has 3 aromatic carbocycles. The van der Waals surface area contributed by atoms with E-state index in [9.17, 15) is 13.6 Å². The Bertz CT molecular complexity index is 1140. The second kappa shape index (κ2) is 9.82. The normalized spacial score (nSPS) is 13.1. The molecule has 0 N–H and O–H groups in total. The first-order valence-electron chi connectivity index (χ1n) is 9.80. The standard InChI is InChI=1S/C25H20F2N2O.ClH/c1-28-20-8-5-17(6-9-20)14-25(30)22-4-2-3-19-16-29(12-11-21(19)22)15-18-7-10-23(26)24(27)13-18;/h2-10,13H,11-12,14-16H2;1H. The minimum atomic E-state index is -0.838. The van der Waals surface area contributed by atoms with Crippen molar-refractivity contribution >= 4 is 23.9 Å². The van der Waals surface area contributed by atoms with Crippen LogP contribution in [0, 0.1) is 18.2 Å². The van der Waals surface area contributed by atoms with E-state index in [1.54, 1.807) is 18.2 Å². The maximum Gasteiger partial charge on any atom is 0.187 e. The molecule has 0 unspecified atom stereocenters. The highest BCUT2D eigenvalue weighted by molar-refractivity contribution is 5.99. The first-order chi connectivity index (χ1) is 14.5. The first kappa shape index (κ1) is 22.6.